The number of carbonyl (C=O) groups is 1. The zero-order valence-corrected chi connectivity index (χ0v) is 10.2. The fraction of sp³-hybridized carbons (Fsp3) is 0.462. The van der Waals surface area contributed by atoms with Gasteiger partial charge in [0.2, 0.25) is 5.91 Å². The maximum atomic E-state index is 12.6. The van der Waals surface area contributed by atoms with Crippen LogP contribution in [0.15, 0.2) is 28.9 Å². The van der Waals surface area contributed by atoms with Gasteiger partial charge in [-0.25, -0.2) is 0 Å². The van der Waals surface area contributed by atoms with Gasteiger partial charge in [-0.15, -0.1) is 0 Å². The molecule has 3 nitrogen and oxygen atoms in total. The van der Waals surface area contributed by atoms with E-state index in [1.165, 1.54) is 23.3 Å². The first kappa shape index (κ1) is 13.7. The van der Waals surface area contributed by atoms with Crippen molar-refractivity contribution in [1.29, 1.82) is 0 Å². The number of likely N-dealkylation sites (tertiary alicyclic amines) is 1. The van der Waals surface area contributed by atoms with Gasteiger partial charge in [-0.1, -0.05) is 0 Å². The molecular formula is C13H14F3NO2. The molecule has 6 heteroatoms. The molecule has 1 aromatic heterocycles. The largest absolute Gasteiger partial charge is 0.465 e. The van der Waals surface area contributed by atoms with E-state index in [2.05, 4.69) is 0 Å². The fourth-order valence-corrected chi connectivity index (χ4v) is 2.09. The van der Waals surface area contributed by atoms with Crippen LogP contribution in [0.4, 0.5) is 13.2 Å². The Bertz CT molecular complexity index is 451. The molecule has 0 N–H and O–H groups in total. The molecular weight excluding hydrogens is 259 g/mol. The highest BCUT2D eigenvalue weighted by atomic mass is 19.4. The van der Waals surface area contributed by atoms with Gasteiger partial charge in [-0.05, 0) is 31.1 Å². The van der Waals surface area contributed by atoms with Gasteiger partial charge in [0.25, 0.3) is 0 Å². The molecule has 19 heavy (non-hydrogen) atoms. The van der Waals surface area contributed by atoms with Crippen molar-refractivity contribution in [2.45, 2.75) is 19.0 Å². The summed E-state index contributed by atoms with van der Waals surface area (Å²) in [6.07, 6.45) is 0.408. The lowest BCUT2D eigenvalue weighted by atomic mass is 9.97. The number of nitrogens with zero attached hydrogens (tertiary/aromatic N) is 1. The minimum atomic E-state index is -4.23. The third kappa shape index (κ3) is 3.62. The normalized spacial score (nSPS) is 21.0. The molecule has 1 aromatic rings. The Hall–Kier alpha value is -1.72. The zero-order valence-electron chi connectivity index (χ0n) is 10.2. The highest BCUT2D eigenvalue weighted by Gasteiger charge is 2.42. The van der Waals surface area contributed by atoms with Gasteiger partial charge >= 0.3 is 6.18 Å². The number of hydrogen-bond donors (Lipinski definition) is 0. The van der Waals surface area contributed by atoms with Crippen LogP contribution in [0.3, 0.4) is 0 Å². The molecule has 2 rings (SSSR count). The maximum absolute atomic E-state index is 12.6. The van der Waals surface area contributed by atoms with Gasteiger partial charge in [0.05, 0.1) is 12.2 Å². The molecule has 1 fully saturated rings. The molecule has 104 valence electrons. The predicted octanol–water partition coefficient (Wildman–Crippen LogP) is 3.09. The summed E-state index contributed by atoms with van der Waals surface area (Å²) in [6.45, 7) is 0.110. The minimum absolute atomic E-state index is 0.0924. The topological polar surface area (TPSA) is 33.5 Å². The first-order valence-corrected chi connectivity index (χ1v) is 6.04. The van der Waals surface area contributed by atoms with E-state index in [0.29, 0.717) is 18.7 Å². The van der Waals surface area contributed by atoms with Crippen LogP contribution in [-0.2, 0) is 4.79 Å². The Morgan fingerprint density at radius 3 is 2.89 bits per heavy atom. The van der Waals surface area contributed by atoms with Crippen molar-refractivity contribution in [2.75, 3.05) is 13.1 Å². The third-order valence-electron chi connectivity index (χ3n) is 3.13. The summed E-state index contributed by atoms with van der Waals surface area (Å²) in [7, 11) is 0. The smallest absolute Gasteiger partial charge is 0.393 e. The van der Waals surface area contributed by atoms with Crippen molar-refractivity contribution in [3.8, 4) is 0 Å². The molecule has 0 bridgehead atoms. The quantitative estimate of drug-likeness (QED) is 0.776. The summed E-state index contributed by atoms with van der Waals surface area (Å²) in [5.74, 6) is -1.33. The van der Waals surface area contributed by atoms with E-state index in [1.54, 1.807) is 12.1 Å². The number of rotatable bonds is 2. The Labute approximate surface area is 108 Å². The summed E-state index contributed by atoms with van der Waals surface area (Å²) in [5.41, 5.74) is 0. The van der Waals surface area contributed by atoms with Crippen LogP contribution < -0.4 is 0 Å². The second-order valence-corrected chi connectivity index (χ2v) is 4.51. The highest BCUT2D eigenvalue weighted by molar-refractivity contribution is 5.91. The highest BCUT2D eigenvalue weighted by Crippen LogP contribution is 2.33. The number of carbonyl (C=O) groups excluding carboxylic acids is 1. The van der Waals surface area contributed by atoms with Crippen molar-refractivity contribution >= 4 is 12.0 Å². The van der Waals surface area contributed by atoms with E-state index in [4.69, 9.17) is 4.42 Å². The minimum Gasteiger partial charge on any atom is -0.465 e. The number of halogens is 3. The molecule has 0 aromatic carbocycles. The number of hydrogen-bond acceptors (Lipinski definition) is 2. The molecule has 2 heterocycles. The molecule has 0 saturated carbocycles. The lowest BCUT2D eigenvalue weighted by Gasteiger charge is -2.33. The molecule has 0 aliphatic carbocycles. The van der Waals surface area contributed by atoms with E-state index in [1.807, 2.05) is 0 Å². The summed E-state index contributed by atoms with van der Waals surface area (Å²) >= 11 is 0. The van der Waals surface area contributed by atoms with E-state index in [9.17, 15) is 18.0 Å². The average molecular weight is 273 g/mol. The van der Waals surface area contributed by atoms with Gasteiger partial charge in [0, 0.05) is 19.2 Å². The second-order valence-electron chi connectivity index (χ2n) is 4.51. The van der Waals surface area contributed by atoms with Gasteiger partial charge < -0.3 is 9.32 Å². The van der Waals surface area contributed by atoms with Crippen LogP contribution in [-0.4, -0.2) is 30.1 Å². The summed E-state index contributed by atoms with van der Waals surface area (Å²) in [6, 6.07) is 3.34. The summed E-state index contributed by atoms with van der Waals surface area (Å²) in [4.78, 5) is 13.0. The summed E-state index contributed by atoms with van der Waals surface area (Å²) in [5, 5.41) is 0. The first-order valence-electron chi connectivity index (χ1n) is 6.04. The fourth-order valence-electron chi connectivity index (χ4n) is 2.09. The van der Waals surface area contributed by atoms with Gasteiger partial charge in [-0.3, -0.25) is 4.79 Å². The third-order valence-corrected chi connectivity index (χ3v) is 3.13. The van der Waals surface area contributed by atoms with Crippen LogP contribution in [0.25, 0.3) is 6.08 Å². The van der Waals surface area contributed by atoms with E-state index < -0.39 is 18.0 Å². The van der Waals surface area contributed by atoms with Gasteiger partial charge in [0.1, 0.15) is 5.76 Å². The van der Waals surface area contributed by atoms with Crippen LogP contribution in [0.5, 0.6) is 0 Å². The Morgan fingerprint density at radius 1 is 1.47 bits per heavy atom. The summed E-state index contributed by atoms with van der Waals surface area (Å²) < 4.78 is 42.9. The van der Waals surface area contributed by atoms with E-state index >= 15 is 0 Å². The van der Waals surface area contributed by atoms with Crippen molar-refractivity contribution in [3.05, 3.63) is 30.2 Å². The number of furan rings is 1. The Kier molecular flexibility index (Phi) is 3.97. The Morgan fingerprint density at radius 2 is 2.26 bits per heavy atom. The molecule has 1 aliphatic rings. The van der Waals surface area contributed by atoms with Crippen LogP contribution >= 0.6 is 0 Å². The lowest BCUT2D eigenvalue weighted by molar-refractivity contribution is -0.187. The van der Waals surface area contributed by atoms with Gasteiger partial charge in [0.15, 0.2) is 0 Å². The maximum Gasteiger partial charge on any atom is 0.393 e. The SMILES string of the molecule is O=C(/C=C/c1ccco1)N1CCC[C@@H](C(F)(F)F)C1. The molecule has 1 aliphatic heterocycles. The molecule has 0 spiro atoms. The monoisotopic (exact) mass is 273 g/mol. The van der Waals surface area contributed by atoms with Crippen molar-refractivity contribution in [2.24, 2.45) is 5.92 Å². The molecule has 1 atom stereocenters. The van der Waals surface area contributed by atoms with Crippen molar-refractivity contribution in [1.82, 2.24) is 4.90 Å². The molecule has 1 saturated heterocycles. The predicted molar refractivity (Wildman–Crippen MR) is 63.1 cm³/mol. The first-order chi connectivity index (χ1) is 8.97. The molecule has 0 radical (unpaired) electrons. The van der Waals surface area contributed by atoms with Crippen LogP contribution in [0.1, 0.15) is 18.6 Å². The molecule has 0 unspecified atom stereocenters. The van der Waals surface area contributed by atoms with Crippen LogP contribution in [0.2, 0.25) is 0 Å². The molecule has 1 amide bonds. The Balaban J connectivity index is 1.96. The van der Waals surface area contributed by atoms with Crippen molar-refractivity contribution in [3.63, 3.8) is 0 Å². The number of amides is 1. The number of piperidine rings is 1. The lowest BCUT2D eigenvalue weighted by Crippen LogP contribution is -2.44. The standard InChI is InChI=1S/C13H14F3NO2/c14-13(15,16)10-3-1-7-17(9-10)12(18)6-5-11-4-2-8-19-11/h2,4-6,8,10H,1,3,7,9H2/b6-5+/t10-/m1/s1. The zero-order chi connectivity index (χ0) is 13.9. The van der Waals surface area contributed by atoms with E-state index in [0.717, 1.165) is 0 Å². The van der Waals surface area contributed by atoms with Gasteiger partial charge in [-0.2, -0.15) is 13.2 Å². The van der Waals surface area contributed by atoms with E-state index in [-0.39, 0.29) is 13.0 Å². The average Bonchev–Trinajstić information content (AvgIpc) is 2.88. The van der Waals surface area contributed by atoms with Crippen LogP contribution in [0, 0.1) is 5.92 Å². The second kappa shape index (κ2) is 5.50. The number of alkyl halides is 3. The van der Waals surface area contributed by atoms with Crippen molar-refractivity contribution < 1.29 is 22.4 Å².